The van der Waals surface area contributed by atoms with Crippen LogP contribution in [-0.2, 0) is 20.7 Å². The molecule has 50 heavy (non-hydrogen) atoms. The Kier molecular flexibility index (Phi) is 13.5. The van der Waals surface area contributed by atoms with E-state index in [0.717, 1.165) is 25.9 Å². The number of halogens is 4. The number of morpholine rings is 1. The number of carbonyl (C=O) groups excluding carboxylic acids is 2. The maximum Gasteiger partial charge on any atom is 0.387 e. The van der Waals surface area contributed by atoms with Crippen LogP contribution in [0.5, 0.6) is 17.2 Å². The maximum atomic E-state index is 13.8. The fraction of sp³-hybridized carbons (Fsp3) is 0.457. The number of hydrogen-bond donors (Lipinski definition) is 1. The topological polar surface area (TPSA) is 120 Å². The van der Waals surface area contributed by atoms with E-state index < -0.39 is 18.7 Å². The largest absolute Gasteiger partial charge is 0.489 e. The van der Waals surface area contributed by atoms with Crippen molar-refractivity contribution in [3.05, 3.63) is 75.5 Å². The van der Waals surface area contributed by atoms with Crippen LogP contribution in [-0.4, -0.2) is 92.7 Å². The second-order valence-electron chi connectivity index (χ2n) is 11.9. The van der Waals surface area contributed by atoms with Crippen molar-refractivity contribution in [3.8, 4) is 17.2 Å². The Morgan fingerprint density at radius 2 is 1.78 bits per heavy atom. The van der Waals surface area contributed by atoms with Crippen molar-refractivity contribution in [2.75, 3.05) is 64.1 Å². The average Bonchev–Trinajstić information content (AvgIpc) is 3.93. The molecular formula is C35H39Cl2F2N3O8. The normalized spacial score (nSPS) is 15.4. The summed E-state index contributed by atoms with van der Waals surface area (Å²) in [5.74, 6) is -0.538. The van der Waals surface area contributed by atoms with Crippen LogP contribution in [0.4, 0.5) is 14.5 Å². The molecule has 1 aromatic heterocycles. The molecule has 0 bridgehead atoms. The zero-order chi connectivity index (χ0) is 35.6. The summed E-state index contributed by atoms with van der Waals surface area (Å²) < 4.78 is 54.3. The quantitative estimate of drug-likeness (QED) is 0.166. The smallest absolute Gasteiger partial charge is 0.387 e. The van der Waals surface area contributed by atoms with Crippen molar-refractivity contribution in [1.82, 2.24) is 9.88 Å². The summed E-state index contributed by atoms with van der Waals surface area (Å²) in [6, 6.07) is 8.89. The zero-order valence-electron chi connectivity index (χ0n) is 27.5. The van der Waals surface area contributed by atoms with Crippen LogP contribution in [0.2, 0.25) is 10.0 Å². The molecule has 1 aliphatic carbocycles. The highest BCUT2D eigenvalue weighted by molar-refractivity contribution is 6.35. The van der Waals surface area contributed by atoms with Crippen LogP contribution < -0.4 is 19.1 Å². The lowest BCUT2D eigenvalue weighted by Gasteiger charge is -2.30. The molecule has 1 aliphatic heterocycles. The van der Waals surface area contributed by atoms with E-state index >= 15 is 0 Å². The highest BCUT2D eigenvalue weighted by Crippen LogP contribution is 2.38. The molecule has 1 unspecified atom stereocenters. The Labute approximate surface area is 298 Å². The molecule has 270 valence electrons. The first-order chi connectivity index (χ1) is 24.1. The van der Waals surface area contributed by atoms with Gasteiger partial charge in [0.05, 0.1) is 47.7 Å². The van der Waals surface area contributed by atoms with E-state index in [1.807, 2.05) is 0 Å². The number of amides is 1. The molecular weight excluding hydrogens is 699 g/mol. The molecule has 5 rings (SSSR count). The summed E-state index contributed by atoms with van der Waals surface area (Å²) in [4.78, 5) is 34.4. The molecule has 15 heteroatoms. The standard InChI is InChI=1S/C35H39Cl2F2N3O8/c1-22(44)42(9-8-41-10-13-46-14-11-41)29-6-4-25(17-32(29)47-15-12-43)34(45)49-31(18-26-27(36)19-40-20-28(26)37)24-5-7-30(50-35(38)39)33(16-24)48-21-23-2-3-23/h4-7,16-17,19-20,23,31,35,43H,2-3,8-15,18,21H2,1H3. The van der Waals surface area contributed by atoms with Crippen LogP contribution in [0.15, 0.2) is 48.8 Å². The minimum Gasteiger partial charge on any atom is -0.489 e. The molecule has 1 saturated heterocycles. The Morgan fingerprint density at radius 1 is 1.04 bits per heavy atom. The number of benzene rings is 2. The van der Waals surface area contributed by atoms with E-state index in [4.69, 9.17) is 46.9 Å². The Hall–Kier alpha value is -3.75. The van der Waals surface area contributed by atoms with Gasteiger partial charge in [-0.05, 0) is 60.2 Å². The average molecular weight is 739 g/mol. The maximum absolute atomic E-state index is 13.8. The molecule has 1 atom stereocenters. The summed E-state index contributed by atoms with van der Waals surface area (Å²) in [5.41, 5.74) is 1.39. The van der Waals surface area contributed by atoms with E-state index in [2.05, 4.69) is 9.88 Å². The molecule has 1 saturated carbocycles. The first kappa shape index (κ1) is 37.5. The summed E-state index contributed by atoms with van der Waals surface area (Å²) in [5, 5.41) is 9.99. The molecule has 0 spiro atoms. The zero-order valence-corrected chi connectivity index (χ0v) is 29.0. The highest BCUT2D eigenvalue weighted by atomic mass is 35.5. The lowest BCUT2D eigenvalue weighted by atomic mass is 10.0. The molecule has 2 heterocycles. The first-order valence-electron chi connectivity index (χ1n) is 16.3. The van der Waals surface area contributed by atoms with Crippen LogP contribution in [0.3, 0.4) is 0 Å². The van der Waals surface area contributed by atoms with Gasteiger partial charge in [-0.1, -0.05) is 29.3 Å². The molecule has 3 aromatic rings. The minimum atomic E-state index is -3.07. The Balaban J connectivity index is 1.44. The van der Waals surface area contributed by atoms with Gasteiger partial charge < -0.3 is 33.7 Å². The second-order valence-corrected chi connectivity index (χ2v) is 12.7. The second kappa shape index (κ2) is 18.0. The minimum absolute atomic E-state index is 0.00858. The third-order valence-electron chi connectivity index (χ3n) is 8.28. The number of ether oxygens (including phenoxy) is 5. The Bertz CT molecular complexity index is 1600. The lowest BCUT2D eigenvalue weighted by molar-refractivity contribution is -0.116. The number of alkyl halides is 2. The molecule has 2 fully saturated rings. The lowest BCUT2D eigenvalue weighted by Crippen LogP contribution is -2.42. The van der Waals surface area contributed by atoms with E-state index in [-0.39, 0.29) is 58.4 Å². The molecule has 2 aliphatic rings. The number of hydrogen-bond acceptors (Lipinski definition) is 10. The number of carbonyl (C=O) groups is 2. The number of aliphatic hydroxyl groups is 1. The molecule has 2 aromatic carbocycles. The summed E-state index contributed by atoms with van der Waals surface area (Å²) in [6.45, 7) is 2.00. The van der Waals surface area contributed by atoms with Crippen LogP contribution in [0, 0.1) is 5.92 Å². The summed E-state index contributed by atoms with van der Waals surface area (Å²) >= 11 is 12.9. The van der Waals surface area contributed by atoms with Gasteiger partial charge in [-0.3, -0.25) is 14.7 Å². The van der Waals surface area contributed by atoms with Crippen molar-refractivity contribution < 1.29 is 47.2 Å². The van der Waals surface area contributed by atoms with Gasteiger partial charge in [-0.15, -0.1) is 0 Å². The Morgan fingerprint density at radius 3 is 2.44 bits per heavy atom. The van der Waals surface area contributed by atoms with Gasteiger partial charge >= 0.3 is 12.6 Å². The van der Waals surface area contributed by atoms with Gasteiger partial charge in [-0.25, -0.2) is 4.79 Å². The van der Waals surface area contributed by atoms with Crippen molar-refractivity contribution in [3.63, 3.8) is 0 Å². The number of anilines is 1. The molecule has 1 amide bonds. The van der Waals surface area contributed by atoms with Gasteiger partial charge in [0.25, 0.3) is 0 Å². The number of nitrogens with zero attached hydrogens (tertiary/aromatic N) is 3. The van der Waals surface area contributed by atoms with E-state index in [1.54, 1.807) is 11.0 Å². The third kappa shape index (κ3) is 10.4. The number of pyridine rings is 1. The molecule has 11 nitrogen and oxygen atoms in total. The highest BCUT2D eigenvalue weighted by Gasteiger charge is 2.27. The SMILES string of the molecule is CC(=O)N(CCN1CCOCC1)c1ccc(C(=O)OC(Cc2c(Cl)cncc2Cl)c2ccc(OC(F)F)c(OCC3CC3)c2)cc1OCCO. The van der Waals surface area contributed by atoms with Crippen molar-refractivity contribution in [2.45, 2.75) is 38.9 Å². The van der Waals surface area contributed by atoms with Crippen LogP contribution >= 0.6 is 23.2 Å². The van der Waals surface area contributed by atoms with E-state index in [0.29, 0.717) is 55.6 Å². The van der Waals surface area contributed by atoms with Crippen molar-refractivity contribution in [2.24, 2.45) is 5.92 Å². The molecule has 1 N–H and O–H groups in total. The fourth-order valence-corrected chi connectivity index (χ4v) is 5.93. The van der Waals surface area contributed by atoms with E-state index in [1.165, 1.54) is 49.6 Å². The van der Waals surface area contributed by atoms with Crippen molar-refractivity contribution >= 4 is 40.8 Å². The van der Waals surface area contributed by atoms with Gasteiger partial charge in [0, 0.05) is 51.9 Å². The van der Waals surface area contributed by atoms with Gasteiger partial charge in [0.1, 0.15) is 18.5 Å². The monoisotopic (exact) mass is 737 g/mol. The number of aliphatic hydroxyl groups excluding tert-OH is 1. The summed E-state index contributed by atoms with van der Waals surface area (Å²) in [6.07, 6.45) is 3.76. The fourth-order valence-electron chi connectivity index (χ4n) is 5.42. The van der Waals surface area contributed by atoms with Gasteiger partial charge in [-0.2, -0.15) is 8.78 Å². The van der Waals surface area contributed by atoms with Gasteiger partial charge in [0.15, 0.2) is 11.5 Å². The van der Waals surface area contributed by atoms with Gasteiger partial charge in [0.2, 0.25) is 5.91 Å². The number of aromatic nitrogens is 1. The van der Waals surface area contributed by atoms with E-state index in [9.17, 15) is 23.5 Å². The van der Waals surface area contributed by atoms with Crippen LogP contribution in [0.1, 0.15) is 47.4 Å². The summed E-state index contributed by atoms with van der Waals surface area (Å²) in [7, 11) is 0. The number of esters is 1. The predicted molar refractivity (Wildman–Crippen MR) is 182 cm³/mol. The molecule has 0 radical (unpaired) electrons. The predicted octanol–water partition coefficient (Wildman–Crippen LogP) is 5.98. The van der Waals surface area contributed by atoms with Crippen molar-refractivity contribution in [1.29, 1.82) is 0 Å². The number of rotatable bonds is 17. The van der Waals surface area contributed by atoms with Crippen LogP contribution in [0.25, 0.3) is 0 Å². The first-order valence-corrected chi connectivity index (χ1v) is 17.0. The third-order valence-corrected chi connectivity index (χ3v) is 8.93.